The molecular weight excluding hydrogens is 384 g/mol. The van der Waals surface area contributed by atoms with Gasteiger partial charge in [-0.2, -0.15) is 15.8 Å². The summed E-state index contributed by atoms with van der Waals surface area (Å²) in [6, 6.07) is 3.70. The quantitative estimate of drug-likeness (QED) is 0.507. The highest BCUT2D eigenvalue weighted by Crippen LogP contribution is 2.30. The Hall–Kier alpha value is -3.51. The molecular formula is C19H9F6N3. The number of hydrogen-bond donors (Lipinski definition) is 0. The van der Waals surface area contributed by atoms with Crippen LogP contribution in [0.4, 0.5) is 26.3 Å². The molecule has 0 atom stereocenters. The van der Waals surface area contributed by atoms with E-state index in [9.17, 15) is 31.6 Å². The van der Waals surface area contributed by atoms with Gasteiger partial charge >= 0.3 is 0 Å². The first-order valence-electron chi connectivity index (χ1n) is 7.55. The van der Waals surface area contributed by atoms with Crippen LogP contribution in [0.3, 0.4) is 0 Å². The van der Waals surface area contributed by atoms with Crippen molar-refractivity contribution in [2.45, 2.75) is 20.8 Å². The molecule has 0 unspecified atom stereocenters. The predicted octanol–water partition coefficient (Wildman–Crippen LogP) is 3.59. The van der Waals surface area contributed by atoms with Gasteiger partial charge in [-0.1, -0.05) is 20.8 Å². The van der Waals surface area contributed by atoms with Crippen molar-refractivity contribution in [2.24, 2.45) is 5.41 Å². The summed E-state index contributed by atoms with van der Waals surface area (Å²) in [7, 11) is 0. The normalized spacial score (nSPS) is 12.2. The lowest BCUT2D eigenvalue weighted by Crippen LogP contribution is -2.28. The largest absolute Gasteiger partial charge is 0.205 e. The number of benzene rings is 2. The lowest BCUT2D eigenvalue weighted by Gasteiger charge is -2.18. The topological polar surface area (TPSA) is 71.4 Å². The van der Waals surface area contributed by atoms with Crippen molar-refractivity contribution >= 4 is 21.9 Å². The zero-order chi connectivity index (χ0) is 21.5. The molecule has 2 aromatic rings. The molecule has 142 valence electrons. The summed E-state index contributed by atoms with van der Waals surface area (Å²) in [6.07, 6.45) is 0. The molecule has 2 rings (SSSR count). The Kier molecular flexibility index (Phi) is 5.13. The first-order valence-corrected chi connectivity index (χ1v) is 7.55. The molecule has 0 N–H and O–H groups in total. The minimum Gasteiger partial charge on any atom is -0.205 e. The highest BCUT2D eigenvalue weighted by atomic mass is 19.2. The molecule has 0 heterocycles. The second kappa shape index (κ2) is 6.90. The van der Waals surface area contributed by atoms with E-state index in [1.807, 2.05) is 0 Å². The van der Waals surface area contributed by atoms with E-state index < -0.39 is 72.7 Å². The van der Waals surface area contributed by atoms with Crippen LogP contribution in [0, 0.1) is 74.3 Å². The van der Waals surface area contributed by atoms with Gasteiger partial charge in [-0.15, -0.1) is 0 Å². The molecule has 0 aliphatic rings. The predicted molar refractivity (Wildman–Crippen MR) is 86.1 cm³/mol. The Morgan fingerprint density at radius 1 is 0.607 bits per heavy atom. The molecule has 0 fully saturated rings. The molecule has 9 heteroatoms. The van der Waals surface area contributed by atoms with Crippen molar-refractivity contribution in [1.29, 1.82) is 15.8 Å². The zero-order valence-electron chi connectivity index (χ0n) is 14.6. The number of halogens is 6. The summed E-state index contributed by atoms with van der Waals surface area (Å²) in [5, 5.41) is 20.8. The fourth-order valence-electron chi connectivity index (χ4n) is 2.69. The van der Waals surface area contributed by atoms with Crippen LogP contribution in [0.15, 0.2) is 0 Å². The summed E-state index contributed by atoms with van der Waals surface area (Å²) >= 11 is 0. The van der Waals surface area contributed by atoms with Crippen molar-refractivity contribution in [1.82, 2.24) is 0 Å². The third kappa shape index (κ3) is 2.84. The van der Waals surface area contributed by atoms with Crippen molar-refractivity contribution in [3.63, 3.8) is 0 Å². The molecule has 0 aliphatic heterocycles. The first-order chi connectivity index (χ1) is 12.9. The van der Waals surface area contributed by atoms with E-state index in [1.165, 1.54) is 26.8 Å². The third-order valence-electron chi connectivity index (χ3n) is 3.98. The maximum atomic E-state index is 14.9. The summed E-state index contributed by atoms with van der Waals surface area (Å²) in [5.41, 5.74) is -3.08. The molecule has 0 spiro atoms. The van der Waals surface area contributed by atoms with Gasteiger partial charge in [0.1, 0.15) is 29.3 Å². The Morgan fingerprint density at radius 3 is 1.36 bits per heavy atom. The molecule has 0 radical (unpaired) electrons. The van der Waals surface area contributed by atoms with Gasteiger partial charge < -0.3 is 0 Å². The molecule has 0 saturated heterocycles. The average Bonchev–Trinajstić information content (AvgIpc) is 2.62. The second-order valence-corrected chi connectivity index (χ2v) is 6.72. The number of fused-ring (bicyclic) bond motifs is 1. The minimum absolute atomic E-state index is 0.617. The standard InChI is InChI=1S/C19H9F6N3/c1-19(2,3)8(6-28)10-14(21)12-11(18(25)16(10)23)13(20)9(7(4-26)5-27)15(22)17(12)24/h1-3H3/b10-8+. The van der Waals surface area contributed by atoms with Crippen LogP contribution in [-0.2, 0) is 0 Å². The van der Waals surface area contributed by atoms with Crippen molar-refractivity contribution in [2.75, 3.05) is 0 Å². The SMILES string of the molecule is CC(C)(C)/C(C#N)=c1/c(F)c(F)c2c(F)c(=C(C#N)C#N)c(F)c(F)c2c1F. The Morgan fingerprint density at radius 2 is 1.00 bits per heavy atom. The van der Waals surface area contributed by atoms with Gasteiger partial charge in [-0.3, -0.25) is 0 Å². The van der Waals surface area contributed by atoms with Gasteiger partial charge in [0.05, 0.1) is 27.3 Å². The fraction of sp³-hybridized carbons (Fsp3) is 0.211. The van der Waals surface area contributed by atoms with Gasteiger partial charge in [-0.25, -0.2) is 26.3 Å². The highest BCUT2D eigenvalue weighted by molar-refractivity contribution is 5.88. The Labute approximate surface area is 154 Å². The van der Waals surface area contributed by atoms with Crippen LogP contribution in [0.2, 0.25) is 0 Å². The van der Waals surface area contributed by atoms with E-state index in [-0.39, 0.29) is 0 Å². The van der Waals surface area contributed by atoms with E-state index >= 15 is 0 Å². The lowest BCUT2D eigenvalue weighted by atomic mass is 9.85. The Bertz CT molecular complexity index is 1270. The second-order valence-electron chi connectivity index (χ2n) is 6.72. The van der Waals surface area contributed by atoms with Crippen molar-refractivity contribution in [3.8, 4) is 18.2 Å². The zero-order valence-corrected chi connectivity index (χ0v) is 14.6. The Balaban J connectivity index is 3.46. The molecule has 0 aliphatic carbocycles. The smallest absolute Gasteiger partial charge is 0.171 e. The van der Waals surface area contributed by atoms with Gasteiger partial charge in [0.15, 0.2) is 23.3 Å². The van der Waals surface area contributed by atoms with Crippen LogP contribution in [0.25, 0.3) is 21.9 Å². The molecule has 0 amide bonds. The minimum atomic E-state index is -2.13. The molecule has 0 bridgehead atoms. The molecule has 28 heavy (non-hydrogen) atoms. The summed E-state index contributed by atoms with van der Waals surface area (Å²) in [6.45, 7) is 4.11. The average molecular weight is 393 g/mol. The van der Waals surface area contributed by atoms with Crippen molar-refractivity contribution < 1.29 is 26.3 Å². The molecule has 0 saturated carbocycles. The third-order valence-corrected chi connectivity index (χ3v) is 3.98. The maximum absolute atomic E-state index is 14.9. The van der Waals surface area contributed by atoms with E-state index in [4.69, 9.17) is 10.5 Å². The maximum Gasteiger partial charge on any atom is 0.171 e. The monoisotopic (exact) mass is 393 g/mol. The van der Waals surface area contributed by atoms with Crippen LogP contribution in [-0.4, -0.2) is 0 Å². The van der Waals surface area contributed by atoms with Crippen LogP contribution in [0.1, 0.15) is 20.8 Å². The summed E-state index contributed by atoms with van der Waals surface area (Å²) < 4.78 is 87.5. The van der Waals surface area contributed by atoms with E-state index in [0.29, 0.717) is 0 Å². The molecule has 0 aromatic heterocycles. The van der Waals surface area contributed by atoms with Crippen LogP contribution < -0.4 is 10.4 Å². The van der Waals surface area contributed by atoms with Gasteiger partial charge in [0, 0.05) is 5.57 Å². The molecule has 3 nitrogen and oxygen atoms in total. The van der Waals surface area contributed by atoms with Crippen LogP contribution in [0.5, 0.6) is 0 Å². The van der Waals surface area contributed by atoms with Crippen molar-refractivity contribution in [3.05, 3.63) is 45.3 Å². The van der Waals surface area contributed by atoms with Gasteiger partial charge in [0.2, 0.25) is 0 Å². The van der Waals surface area contributed by atoms with E-state index in [1.54, 1.807) is 0 Å². The summed E-state index contributed by atoms with van der Waals surface area (Å²) in [5.74, 6) is -12.2. The number of nitrogens with zero attached hydrogens (tertiary/aromatic N) is 3. The van der Waals surface area contributed by atoms with Gasteiger partial charge in [0.25, 0.3) is 0 Å². The number of hydrogen-bond acceptors (Lipinski definition) is 3. The van der Waals surface area contributed by atoms with E-state index in [2.05, 4.69) is 0 Å². The van der Waals surface area contributed by atoms with E-state index in [0.717, 1.165) is 12.1 Å². The van der Waals surface area contributed by atoms with Gasteiger partial charge in [-0.05, 0) is 5.41 Å². The molecule has 2 aromatic carbocycles. The lowest BCUT2D eigenvalue weighted by molar-refractivity contribution is 0.467. The number of nitriles is 3. The highest BCUT2D eigenvalue weighted by Gasteiger charge is 2.30. The fourth-order valence-corrected chi connectivity index (χ4v) is 2.69. The number of rotatable bonds is 0. The van der Waals surface area contributed by atoms with Crippen LogP contribution >= 0.6 is 0 Å². The first kappa shape index (κ1) is 20.8. The summed E-state index contributed by atoms with van der Waals surface area (Å²) in [4.78, 5) is 0.